The predicted molar refractivity (Wildman–Crippen MR) is 52.1 cm³/mol. The number of esters is 1. The van der Waals surface area contributed by atoms with Crippen LogP contribution in [0.3, 0.4) is 0 Å². The van der Waals surface area contributed by atoms with Gasteiger partial charge in [-0.15, -0.1) is 0 Å². The van der Waals surface area contributed by atoms with Crippen LogP contribution in [0, 0.1) is 11.4 Å². The van der Waals surface area contributed by atoms with Gasteiger partial charge in [0.05, 0.1) is 6.61 Å². The Morgan fingerprint density at radius 2 is 2.33 bits per heavy atom. The Hall–Kier alpha value is -1.98. The number of hydrogen-bond acceptors (Lipinski definition) is 5. The van der Waals surface area contributed by atoms with Crippen LogP contribution in [0.2, 0.25) is 0 Å². The molecule has 5 nitrogen and oxygen atoms in total. The van der Waals surface area contributed by atoms with Gasteiger partial charge in [-0.2, -0.15) is 4.39 Å². The average molecular weight is 211 g/mol. The maximum atomic E-state index is 12.6. The molecule has 1 rings (SSSR count). The molecule has 0 fully saturated rings. The van der Waals surface area contributed by atoms with E-state index in [4.69, 9.17) is 11.1 Å². The molecule has 1 aromatic rings. The van der Waals surface area contributed by atoms with Crippen molar-refractivity contribution in [2.24, 2.45) is 0 Å². The molecule has 0 aromatic carbocycles. The van der Waals surface area contributed by atoms with E-state index in [9.17, 15) is 9.18 Å². The third kappa shape index (κ3) is 2.49. The van der Waals surface area contributed by atoms with Gasteiger partial charge < -0.3 is 10.5 Å². The van der Waals surface area contributed by atoms with Crippen LogP contribution in [0.25, 0.3) is 0 Å². The number of aromatic nitrogens is 1. The largest absolute Gasteiger partial charge is 0.461 e. The van der Waals surface area contributed by atoms with Gasteiger partial charge in [0, 0.05) is 5.56 Å². The molecule has 15 heavy (non-hydrogen) atoms. The van der Waals surface area contributed by atoms with Gasteiger partial charge in [0.2, 0.25) is 5.95 Å². The number of nitrogens with two attached hydrogens (primary N) is 1. The average Bonchev–Trinajstić information content (AvgIpc) is 2.17. The molecule has 0 saturated heterocycles. The van der Waals surface area contributed by atoms with Crippen LogP contribution < -0.4 is 5.73 Å². The monoisotopic (exact) mass is 211 g/mol. The zero-order valence-electron chi connectivity index (χ0n) is 8.08. The summed E-state index contributed by atoms with van der Waals surface area (Å²) in [5.74, 6) is -1.77. The summed E-state index contributed by atoms with van der Waals surface area (Å²) in [7, 11) is 0. The highest BCUT2D eigenvalue weighted by atomic mass is 19.1. The van der Waals surface area contributed by atoms with Gasteiger partial charge in [-0.1, -0.05) is 0 Å². The highest BCUT2D eigenvalue weighted by molar-refractivity contribution is 6.42. The van der Waals surface area contributed by atoms with Gasteiger partial charge in [0.15, 0.2) is 5.71 Å². The smallest absolute Gasteiger partial charge is 0.356 e. The topological polar surface area (TPSA) is 89.1 Å². The first-order valence-electron chi connectivity index (χ1n) is 4.24. The molecule has 0 amide bonds. The second-order valence-corrected chi connectivity index (χ2v) is 2.66. The number of carbonyl (C=O) groups excluding carboxylic acids is 1. The summed E-state index contributed by atoms with van der Waals surface area (Å²) in [6.07, 6.45) is 0. The summed E-state index contributed by atoms with van der Waals surface area (Å²) in [5.41, 5.74) is 4.99. The van der Waals surface area contributed by atoms with Crippen molar-refractivity contribution >= 4 is 17.5 Å². The van der Waals surface area contributed by atoms with Gasteiger partial charge >= 0.3 is 5.97 Å². The first kappa shape index (κ1) is 11.1. The van der Waals surface area contributed by atoms with Gasteiger partial charge in [0.1, 0.15) is 5.82 Å². The molecule has 1 aromatic heterocycles. The third-order valence-corrected chi connectivity index (χ3v) is 1.64. The number of hydrogen-bond donors (Lipinski definition) is 2. The zero-order valence-corrected chi connectivity index (χ0v) is 8.08. The van der Waals surface area contributed by atoms with E-state index in [0.717, 1.165) is 6.07 Å². The molecule has 0 aliphatic heterocycles. The van der Waals surface area contributed by atoms with Gasteiger partial charge in [-0.25, -0.2) is 9.78 Å². The number of anilines is 1. The lowest BCUT2D eigenvalue weighted by Gasteiger charge is -2.05. The highest BCUT2D eigenvalue weighted by Crippen LogP contribution is 2.10. The minimum Gasteiger partial charge on any atom is -0.461 e. The Labute approximate surface area is 85.6 Å². The van der Waals surface area contributed by atoms with Gasteiger partial charge in [0.25, 0.3) is 0 Å². The number of ether oxygens (including phenoxy) is 1. The lowest BCUT2D eigenvalue weighted by Crippen LogP contribution is -2.19. The van der Waals surface area contributed by atoms with E-state index < -0.39 is 17.6 Å². The molecule has 0 aliphatic rings. The molecule has 80 valence electrons. The fourth-order valence-electron chi connectivity index (χ4n) is 0.975. The number of nitrogen functional groups attached to an aromatic ring is 1. The summed E-state index contributed by atoms with van der Waals surface area (Å²) in [5, 5.41) is 7.43. The maximum absolute atomic E-state index is 12.6. The van der Waals surface area contributed by atoms with E-state index in [2.05, 4.69) is 9.72 Å². The number of nitrogens with zero attached hydrogens (tertiary/aromatic N) is 1. The summed E-state index contributed by atoms with van der Waals surface area (Å²) >= 11 is 0. The maximum Gasteiger partial charge on any atom is 0.356 e. The van der Waals surface area contributed by atoms with Crippen LogP contribution in [-0.2, 0) is 9.53 Å². The molecule has 0 aliphatic carbocycles. The fraction of sp³-hybridized carbons (Fsp3) is 0.222. The van der Waals surface area contributed by atoms with E-state index in [-0.39, 0.29) is 18.0 Å². The number of halogens is 1. The summed E-state index contributed by atoms with van der Waals surface area (Å²) in [4.78, 5) is 14.5. The fourth-order valence-corrected chi connectivity index (χ4v) is 0.975. The molecule has 0 bridgehead atoms. The summed E-state index contributed by atoms with van der Waals surface area (Å²) in [6, 6.07) is 2.25. The van der Waals surface area contributed by atoms with E-state index in [1.54, 1.807) is 6.92 Å². The Bertz CT molecular complexity index is 406. The van der Waals surface area contributed by atoms with E-state index in [1.807, 2.05) is 0 Å². The molecule has 0 radical (unpaired) electrons. The minimum absolute atomic E-state index is 0.0647. The molecular weight excluding hydrogens is 201 g/mol. The Morgan fingerprint density at radius 1 is 1.67 bits per heavy atom. The summed E-state index contributed by atoms with van der Waals surface area (Å²) < 4.78 is 17.2. The second kappa shape index (κ2) is 4.50. The number of rotatable bonds is 3. The van der Waals surface area contributed by atoms with Crippen molar-refractivity contribution < 1.29 is 13.9 Å². The summed E-state index contributed by atoms with van der Waals surface area (Å²) in [6.45, 7) is 1.78. The van der Waals surface area contributed by atoms with Crippen molar-refractivity contribution in [3.63, 3.8) is 0 Å². The van der Waals surface area contributed by atoms with E-state index in [1.165, 1.54) is 6.07 Å². The Balaban J connectivity index is 2.96. The molecule has 1 heterocycles. The Morgan fingerprint density at radius 3 is 2.87 bits per heavy atom. The van der Waals surface area contributed by atoms with Crippen LogP contribution in [0.15, 0.2) is 12.1 Å². The van der Waals surface area contributed by atoms with Crippen molar-refractivity contribution in [2.45, 2.75) is 6.92 Å². The molecule has 0 unspecified atom stereocenters. The van der Waals surface area contributed by atoms with Gasteiger partial charge in [-0.05, 0) is 19.1 Å². The molecule has 3 N–H and O–H groups in total. The second-order valence-electron chi connectivity index (χ2n) is 2.66. The first-order valence-corrected chi connectivity index (χ1v) is 4.24. The van der Waals surface area contributed by atoms with Crippen molar-refractivity contribution in [1.82, 2.24) is 4.98 Å². The van der Waals surface area contributed by atoms with Gasteiger partial charge in [-0.3, -0.25) is 5.41 Å². The lowest BCUT2D eigenvalue weighted by atomic mass is 10.1. The number of pyridine rings is 1. The molecule has 0 atom stereocenters. The molecule has 6 heteroatoms. The van der Waals surface area contributed by atoms with Crippen LogP contribution in [0.5, 0.6) is 0 Å². The van der Waals surface area contributed by atoms with Crippen molar-refractivity contribution in [3.05, 3.63) is 23.6 Å². The first-order chi connectivity index (χ1) is 7.06. The minimum atomic E-state index is -0.808. The van der Waals surface area contributed by atoms with Crippen molar-refractivity contribution in [1.29, 1.82) is 5.41 Å². The van der Waals surface area contributed by atoms with Crippen LogP contribution in [0.4, 0.5) is 10.2 Å². The molecule has 0 spiro atoms. The van der Waals surface area contributed by atoms with E-state index >= 15 is 0 Å². The zero-order chi connectivity index (χ0) is 11.4. The molecular formula is C9H10FN3O2. The SMILES string of the molecule is CCOC(=O)C(=N)c1ccc(F)nc1N. The predicted octanol–water partition coefficient (Wildman–Crippen LogP) is 0.734. The highest BCUT2D eigenvalue weighted by Gasteiger charge is 2.16. The molecule has 0 saturated carbocycles. The number of nitrogens with one attached hydrogen (secondary N) is 1. The van der Waals surface area contributed by atoms with Crippen LogP contribution >= 0.6 is 0 Å². The standard InChI is InChI=1S/C9H10FN3O2/c1-2-15-9(14)7(11)5-3-4-6(10)13-8(5)12/h3-4,11H,2H2,1H3,(H2,12,13). The van der Waals surface area contributed by atoms with E-state index in [0.29, 0.717) is 0 Å². The normalized spacial score (nSPS) is 9.73. The van der Waals surface area contributed by atoms with Crippen LogP contribution in [0.1, 0.15) is 12.5 Å². The van der Waals surface area contributed by atoms with Crippen LogP contribution in [-0.4, -0.2) is 23.3 Å². The quantitative estimate of drug-likeness (QED) is 0.438. The lowest BCUT2D eigenvalue weighted by molar-refractivity contribution is -0.135. The third-order valence-electron chi connectivity index (χ3n) is 1.64. The Kier molecular flexibility index (Phi) is 3.33. The van der Waals surface area contributed by atoms with Crippen molar-refractivity contribution in [2.75, 3.05) is 12.3 Å². The number of carbonyl (C=O) groups is 1. The van der Waals surface area contributed by atoms with Crippen molar-refractivity contribution in [3.8, 4) is 0 Å².